The van der Waals surface area contributed by atoms with Crippen molar-refractivity contribution in [1.29, 1.82) is 0 Å². The minimum atomic E-state index is -5.26. The molecule has 0 unspecified atom stereocenters. The Bertz CT molecular complexity index is 552. The number of H-pyrrole nitrogens is 1. The first-order valence-corrected chi connectivity index (χ1v) is 5.14. The first kappa shape index (κ1) is 15.9. The molecule has 1 heterocycles. The van der Waals surface area contributed by atoms with Gasteiger partial charge in [0.15, 0.2) is 11.3 Å². The topological polar surface area (TPSA) is 68.4 Å². The summed E-state index contributed by atoms with van der Waals surface area (Å²) >= 11 is 0. The summed E-state index contributed by atoms with van der Waals surface area (Å²) in [5, 5.41) is 0. The molecule has 0 radical (unpaired) electrons. The lowest BCUT2D eigenvalue weighted by atomic mass is 10.2. The molecule has 0 saturated carbocycles. The summed E-state index contributed by atoms with van der Waals surface area (Å²) < 4.78 is 69.1. The number of rotatable bonds is 4. The minimum Gasteiger partial charge on any atom is -0.462 e. The molecule has 0 atom stereocenters. The van der Waals surface area contributed by atoms with E-state index in [0.717, 1.165) is 0 Å². The van der Waals surface area contributed by atoms with Crippen LogP contribution in [0, 0.1) is 0 Å². The van der Waals surface area contributed by atoms with Gasteiger partial charge in [0.05, 0.1) is 12.3 Å². The molecule has 0 bridgehead atoms. The van der Waals surface area contributed by atoms with Crippen LogP contribution in [0.4, 0.5) is 22.0 Å². The van der Waals surface area contributed by atoms with E-state index in [9.17, 15) is 31.5 Å². The van der Waals surface area contributed by atoms with Gasteiger partial charge in [-0.1, -0.05) is 0 Å². The normalized spacial score (nSPS) is 11.6. The quantitative estimate of drug-likeness (QED) is 0.685. The first-order valence-electron chi connectivity index (χ1n) is 5.14. The van der Waals surface area contributed by atoms with E-state index in [1.54, 1.807) is 4.98 Å². The number of pyridine rings is 1. The average molecular weight is 301 g/mol. The molecule has 0 aromatic carbocycles. The molecular formula is C10H8F5NO4. The van der Waals surface area contributed by atoms with Gasteiger partial charge in [-0.05, 0) is 6.92 Å². The van der Waals surface area contributed by atoms with Crippen molar-refractivity contribution in [2.24, 2.45) is 0 Å². The standard InChI is InChI=1S/C10H8F5NO4/c1-2-19-9(18)6-5(20-10(13,14)15)3-4(7(11)12)16-8(6)17/h3,7H,2H2,1H3,(H,16,17). The number of nitrogens with one attached hydrogen (secondary N) is 1. The van der Waals surface area contributed by atoms with Gasteiger partial charge in [0.2, 0.25) is 0 Å². The van der Waals surface area contributed by atoms with E-state index >= 15 is 0 Å². The third-order valence-electron chi connectivity index (χ3n) is 1.96. The smallest absolute Gasteiger partial charge is 0.462 e. The van der Waals surface area contributed by atoms with Crippen LogP contribution in [0.2, 0.25) is 0 Å². The second kappa shape index (κ2) is 5.88. The number of esters is 1. The van der Waals surface area contributed by atoms with E-state index in [2.05, 4.69) is 9.47 Å². The van der Waals surface area contributed by atoms with Crippen LogP contribution in [0.15, 0.2) is 10.9 Å². The zero-order valence-corrected chi connectivity index (χ0v) is 9.88. The zero-order valence-electron chi connectivity index (χ0n) is 9.88. The fraction of sp³-hybridized carbons (Fsp3) is 0.400. The largest absolute Gasteiger partial charge is 0.573 e. The zero-order chi connectivity index (χ0) is 15.5. The molecule has 0 amide bonds. The van der Waals surface area contributed by atoms with Gasteiger partial charge >= 0.3 is 12.3 Å². The molecule has 112 valence electrons. The third kappa shape index (κ3) is 3.93. The van der Waals surface area contributed by atoms with Crippen LogP contribution < -0.4 is 10.3 Å². The maximum Gasteiger partial charge on any atom is 0.573 e. The Hall–Kier alpha value is -2.13. The van der Waals surface area contributed by atoms with Gasteiger partial charge < -0.3 is 14.5 Å². The van der Waals surface area contributed by atoms with Gasteiger partial charge in [-0.2, -0.15) is 0 Å². The molecule has 1 aromatic rings. The number of aromatic nitrogens is 1. The Morgan fingerprint density at radius 1 is 1.40 bits per heavy atom. The van der Waals surface area contributed by atoms with Crippen molar-refractivity contribution < 1.29 is 36.2 Å². The second-order valence-corrected chi connectivity index (χ2v) is 3.36. The Labute approximate surface area is 108 Å². The van der Waals surface area contributed by atoms with Crippen molar-refractivity contribution in [3.63, 3.8) is 0 Å². The van der Waals surface area contributed by atoms with Gasteiger partial charge in [0, 0.05) is 6.07 Å². The van der Waals surface area contributed by atoms with Gasteiger partial charge in [-0.15, -0.1) is 13.2 Å². The summed E-state index contributed by atoms with van der Waals surface area (Å²) in [6, 6.07) is 0.228. The predicted molar refractivity (Wildman–Crippen MR) is 54.7 cm³/mol. The summed E-state index contributed by atoms with van der Waals surface area (Å²) in [4.78, 5) is 24.4. The highest BCUT2D eigenvalue weighted by Crippen LogP contribution is 2.28. The molecule has 1 aromatic heterocycles. The van der Waals surface area contributed by atoms with Crippen LogP contribution in [0.1, 0.15) is 29.4 Å². The molecule has 10 heteroatoms. The third-order valence-corrected chi connectivity index (χ3v) is 1.96. The monoisotopic (exact) mass is 301 g/mol. The number of carbonyl (C=O) groups excluding carboxylic acids is 1. The van der Waals surface area contributed by atoms with Crippen molar-refractivity contribution in [2.75, 3.05) is 6.61 Å². The lowest BCUT2D eigenvalue weighted by Crippen LogP contribution is -2.26. The second-order valence-electron chi connectivity index (χ2n) is 3.36. The summed E-state index contributed by atoms with van der Waals surface area (Å²) in [6.45, 7) is 1.13. The highest BCUT2D eigenvalue weighted by atomic mass is 19.4. The maximum atomic E-state index is 12.4. The van der Waals surface area contributed by atoms with E-state index in [4.69, 9.17) is 0 Å². The van der Waals surface area contributed by atoms with Crippen LogP contribution >= 0.6 is 0 Å². The predicted octanol–water partition coefficient (Wildman–Crippen LogP) is 2.39. The van der Waals surface area contributed by atoms with Gasteiger partial charge in [0.25, 0.3) is 12.0 Å². The van der Waals surface area contributed by atoms with Gasteiger partial charge in [-0.25, -0.2) is 13.6 Å². The molecule has 0 fully saturated rings. The molecule has 0 aliphatic carbocycles. The summed E-state index contributed by atoms with van der Waals surface area (Å²) in [7, 11) is 0. The molecule has 1 rings (SSSR count). The Balaban J connectivity index is 3.40. The Kier molecular flexibility index (Phi) is 4.69. The van der Waals surface area contributed by atoms with Crippen molar-refractivity contribution in [3.05, 3.63) is 27.7 Å². The fourth-order valence-electron chi connectivity index (χ4n) is 1.27. The molecule has 20 heavy (non-hydrogen) atoms. The molecular weight excluding hydrogens is 293 g/mol. The van der Waals surface area contributed by atoms with Crippen LogP contribution in [0.5, 0.6) is 5.75 Å². The molecule has 0 aliphatic rings. The van der Waals surface area contributed by atoms with Crippen LogP contribution in [0.3, 0.4) is 0 Å². The van der Waals surface area contributed by atoms with Crippen molar-refractivity contribution in [3.8, 4) is 5.75 Å². The SMILES string of the molecule is CCOC(=O)c1c(OC(F)(F)F)cc(C(F)F)[nH]c1=O. The summed E-state index contributed by atoms with van der Waals surface area (Å²) in [5.74, 6) is -2.75. The minimum absolute atomic E-state index is 0.222. The summed E-state index contributed by atoms with van der Waals surface area (Å²) in [6.07, 6.45) is -8.50. The van der Waals surface area contributed by atoms with Crippen LogP contribution in [0.25, 0.3) is 0 Å². The Morgan fingerprint density at radius 3 is 2.45 bits per heavy atom. The molecule has 0 spiro atoms. The van der Waals surface area contributed by atoms with Crippen LogP contribution in [-0.2, 0) is 4.74 Å². The van der Waals surface area contributed by atoms with Crippen LogP contribution in [-0.4, -0.2) is 23.9 Å². The molecule has 0 aliphatic heterocycles. The van der Waals surface area contributed by atoms with Gasteiger partial charge in [-0.3, -0.25) is 4.79 Å². The average Bonchev–Trinajstić information content (AvgIpc) is 2.25. The van der Waals surface area contributed by atoms with E-state index in [0.29, 0.717) is 0 Å². The maximum absolute atomic E-state index is 12.4. The highest BCUT2D eigenvalue weighted by Gasteiger charge is 2.35. The number of alkyl halides is 5. The highest BCUT2D eigenvalue weighted by molar-refractivity contribution is 5.92. The number of hydrogen-bond donors (Lipinski definition) is 1. The number of ether oxygens (including phenoxy) is 2. The Morgan fingerprint density at radius 2 is 2.00 bits per heavy atom. The van der Waals surface area contributed by atoms with E-state index < -0.39 is 41.3 Å². The van der Waals surface area contributed by atoms with E-state index in [1.165, 1.54) is 6.92 Å². The molecule has 0 saturated heterocycles. The number of hydrogen-bond acceptors (Lipinski definition) is 4. The first-order chi connectivity index (χ1) is 9.15. The molecule has 5 nitrogen and oxygen atoms in total. The van der Waals surface area contributed by atoms with E-state index in [-0.39, 0.29) is 12.7 Å². The van der Waals surface area contributed by atoms with Crippen molar-refractivity contribution in [2.45, 2.75) is 19.7 Å². The van der Waals surface area contributed by atoms with Crippen molar-refractivity contribution in [1.82, 2.24) is 4.98 Å². The van der Waals surface area contributed by atoms with Crippen molar-refractivity contribution >= 4 is 5.97 Å². The van der Waals surface area contributed by atoms with E-state index in [1.807, 2.05) is 0 Å². The lowest BCUT2D eigenvalue weighted by Gasteiger charge is -2.13. The number of halogens is 5. The number of aromatic amines is 1. The number of carbonyl (C=O) groups is 1. The summed E-state index contributed by atoms with van der Waals surface area (Å²) in [5.41, 5.74) is -3.70. The lowest BCUT2D eigenvalue weighted by molar-refractivity contribution is -0.274. The van der Waals surface area contributed by atoms with Gasteiger partial charge in [0.1, 0.15) is 0 Å². The molecule has 1 N–H and O–H groups in total. The fourth-order valence-corrected chi connectivity index (χ4v) is 1.27.